The fourth-order valence-electron chi connectivity index (χ4n) is 3.18. The number of carbonyl (C=O) groups excluding carboxylic acids is 1. The van der Waals surface area contributed by atoms with Crippen molar-refractivity contribution in [2.24, 2.45) is 5.92 Å². The summed E-state index contributed by atoms with van der Waals surface area (Å²) in [7, 11) is 0. The molecule has 1 amide bonds. The molecule has 4 atom stereocenters. The number of rotatable bonds is 5. The van der Waals surface area contributed by atoms with E-state index in [1.165, 1.54) is 12.1 Å². The van der Waals surface area contributed by atoms with E-state index in [4.69, 9.17) is 0 Å². The Morgan fingerprint density at radius 2 is 1.88 bits per heavy atom. The van der Waals surface area contributed by atoms with Crippen LogP contribution < -0.4 is 16.2 Å². The zero-order valence-electron chi connectivity index (χ0n) is 14.4. The van der Waals surface area contributed by atoms with Crippen LogP contribution in [0.5, 0.6) is 0 Å². The van der Waals surface area contributed by atoms with Crippen LogP contribution in [0.4, 0.5) is 4.39 Å². The van der Waals surface area contributed by atoms with Crippen molar-refractivity contribution < 1.29 is 9.18 Å². The van der Waals surface area contributed by atoms with E-state index in [0.29, 0.717) is 6.42 Å². The summed E-state index contributed by atoms with van der Waals surface area (Å²) in [5.74, 6) is -0.0790. The second kappa shape index (κ2) is 7.72. The lowest BCUT2D eigenvalue weighted by Gasteiger charge is -2.21. The third kappa shape index (κ3) is 4.21. The molecule has 2 heterocycles. The lowest BCUT2D eigenvalue weighted by atomic mass is 9.94. The average molecular weight is 342 g/mol. The number of amides is 1. The van der Waals surface area contributed by atoms with E-state index < -0.39 is 0 Å². The highest BCUT2D eigenvalue weighted by atomic mass is 19.1. The highest BCUT2D eigenvalue weighted by Gasteiger charge is 2.34. The van der Waals surface area contributed by atoms with Crippen molar-refractivity contribution >= 4 is 5.91 Å². The van der Waals surface area contributed by atoms with Crippen LogP contribution in [0.2, 0.25) is 0 Å². The second-order valence-electron chi connectivity index (χ2n) is 6.61. The van der Waals surface area contributed by atoms with Gasteiger partial charge in [0.2, 0.25) is 5.91 Å². The van der Waals surface area contributed by atoms with Crippen molar-refractivity contribution in [1.29, 1.82) is 0 Å². The number of nitrogens with zero attached hydrogens (tertiary/aromatic N) is 1. The Morgan fingerprint density at radius 3 is 2.56 bits per heavy atom. The fourth-order valence-corrected chi connectivity index (χ4v) is 3.18. The molecule has 0 bridgehead atoms. The topological polar surface area (TPSA) is 66.1 Å². The number of nitrogens with one attached hydrogen (secondary N) is 3. The van der Waals surface area contributed by atoms with E-state index in [2.05, 4.69) is 28.1 Å². The van der Waals surface area contributed by atoms with Gasteiger partial charge in [-0.05, 0) is 41.3 Å². The Balaban J connectivity index is 1.55. The Labute approximate surface area is 147 Å². The lowest BCUT2D eigenvalue weighted by molar-refractivity contribution is -0.122. The van der Waals surface area contributed by atoms with Gasteiger partial charge in [0.05, 0.1) is 12.2 Å². The van der Waals surface area contributed by atoms with E-state index >= 15 is 0 Å². The van der Waals surface area contributed by atoms with Crippen LogP contribution in [-0.2, 0) is 4.79 Å². The number of pyridine rings is 1. The quantitative estimate of drug-likeness (QED) is 0.781. The molecule has 1 saturated heterocycles. The van der Waals surface area contributed by atoms with Crippen LogP contribution >= 0.6 is 0 Å². The van der Waals surface area contributed by atoms with Crippen LogP contribution in [0.25, 0.3) is 0 Å². The molecule has 2 aromatic rings. The van der Waals surface area contributed by atoms with Crippen molar-refractivity contribution in [1.82, 2.24) is 21.2 Å². The number of hydrazine groups is 1. The van der Waals surface area contributed by atoms with Crippen molar-refractivity contribution in [3.05, 3.63) is 65.7 Å². The van der Waals surface area contributed by atoms with Crippen LogP contribution in [0.3, 0.4) is 0 Å². The summed E-state index contributed by atoms with van der Waals surface area (Å²) in [6.45, 7) is 4.06. The van der Waals surface area contributed by atoms with Crippen molar-refractivity contribution in [2.75, 3.05) is 0 Å². The smallest absolute Gasteiger partial charge is 0.221 e. The first-order chi connectivity index (χ1) is 12.0. The Bertz CT molecular complexity index is 707. The molecule has 1 aromatic carbocycles. The average Bonchev–Trinajstić information content (AvgIpc) is 2.96. The van der Waals surface area contributed by atoms with Gasteiger partial charge >= 0.3 is 0 Å². The van der Waals surface area contributed by atoms with Crippen LogP contribution in [0.15, 0.2) is 48.8 Å². The molecular formula is C19H23FN4O. The van der Waals surface area contributed by atoms with Gasteiger partial charge in [-0.25, -0.2) is 15.2 Å². The monoisotopic (exact) mass is 342 g/mol. The maximum absolute atomic E-state index is 13.0. The zero-order chi connectivity index (χ0) is 17.8. The highest BCUT2D eigenvalue weighted by Crippen LogP contribution is 2.27. The summed E-state index contributed by atoms with van der Waals surface area (Å²) in [5, 5.41) is 3.04. The molecule has 132 valence electrons. The van der Waals surface area contributed by atoms with E-state index in [9.17, 15) is 9.18 Å². The van der Waals surface area contributed by atoms with E-state index in [0.717, 1.165) is 11.1 Å². The minimum Gasteiger partial charge on any atom is -0.339 e. The number of aromatic nitrogens is 1. The number of carbonyl (C=O) groups is 1. The zero-order valence-corrected chi connectivity index (χ0v) is 14.4. The molecule has 1 aromatic heterocycles. The maximum atomic E-state index is 13.0. The van der Waals surface area contributed by atoms with Crippen molar-refractivity contribution in [2.45, 2.75) is 38.4 Å². The molecule has 4 unspecified atom stereocenters. The third-order valence-electron chi connectivity index (χ3n) is 4.76. The first kappa shape index (κ1) is 17.5. The van der Waals surface area contributed by atoms with E-state index in [-0.39, 0.29) is 35.8 Å². The minimum absolute atomic E-state index is 0.0289. The molecule has 5 nitrogen and oxygen atoms in total. The molecule has 1 aliphatic rings. The molecule has 25 heavy (non-hydrogen) atoms. The summed E-state index contributed by atoms with van der Waals surface area (Å²) in [4.78, 5) is 16.4. The first-order valence-electron chi connectivity index (χ1n) is 8.50. The van der Waals surface area contributed by atoms with Gasteiger partial charge in [-0.15, -0.1) is 0 Å². The Kier molecular flexibility index (Phi) is 5.40. The van der Waals surface area contributed by atoms with Crippen LogP contribution in [0, 0.1) is 11.7 Å². The summed E-state index contributed by atoms with van der Waals surface area (Å²) in [5.41, 5.74) is 8.48. The molecule has 1 aliphatic heterocycles. The standard InChI is InChI=1S/C19H23FN4O/c1-12(14-3-5-16(20)6-4-14)11-17(25)22-19-13(2)18(23-24-19)15-7-9-21-10-8-15/h3-10,12-13,18-19,23-24H,11H2,1-2H3,(H,22,25). The number of hydrogen-bond acceptors (Lipinski definition) is 4. The largest absolute Gasteiger partial charge is 0.339 e. The van der Waals surface area contributed by atoms with Crippen LogP contribution in [-0.4, -0.2) is 17.1 Å². The van der Waals surface area contributed by atoms with Crippen molar-refractivity contribution in [3.63, 3.8) is 0 Å². The Morgan fingerprint density at radius 1 is 1.20 bits per heavy atom. The predicted molar refractivity (Wildman–Crippen MR) is 93.8 cm³/mol. The minimum atomic E-state index is -0.266. The molecular weight excluding hydrogens is 319 g/mol. The van der Waals surface area contributed by atoms with Crippen molar-refractivity contribution in [3.8, 4) is 0 Å². The molecule has 3 N–H and O–H groups in total. The predicted octanol–water partition coefficient (Wildman–Crippen LogP) is 2.64. The van der Waals surface area contributed by atoms with E-state index in [1.54, 1.807) is 24.5 Å². The van der Waals surface area contributed by atoms with Gasteiger partial charge in [0, 0.05) is 24.7 Å². The first-order valence-corrected chi connectivity index (χ1v) is 8.50. The summed E-state index contributed by atoms with van der Waals surface area (Å²) >= 11 is 0. The molecule has 0 aliphatic carbocycles. The second-order valence-corrected chi connectivity index (χ2v) is 6.61. The number of benzene rings is 1. The number of halogens is 1. The summed E-state index contributed by atoms with van der Waals surface area (Å²) < 4.78 is 13.0. The van der Waals surface area contributed by atoms with Gasteiger partial charge < -0.3 is 5.32 Å². The molecule has 0 spiro atoms. The van der Waals surface area contributed by atoms with Gasteiger partial charge in [-0.1, -0.05) is 26.0 Å². The van der Waals surface area contributed by atoms with Gasteiger partial charge in [0.15, 0.2) is 0 Å². The highest BCUT2D eigenvalue weighted by molar-refractivity contribution is 5.77. The maximum Gasteiger partial charge on any atom is 0.221 e. The third-order valence-corrected chi connectivity index (χ3v) is 4.76. The molecule has 1 fully saturated rings. The number of hydrogen-bond donors (Lipinski definition) is 3. The summed E-state index contributed by atoms with van der Waals surface area (Å²) in [6.07, 6.45) is 3.74. The van der Waals surface area contributed by atoms with Gasteiger partial charge in [0.1, 0.15) is 5.82 Å². The fraction of sp³-hybridized carbons (Fsp3) is 0.368. The van der Waals surface area contributed by atoms with Gasteiger partial charge in [-0.2, -0.15) is 0 Å². The van der Waals surface area contributed by atoms with E-state index in [1.807, 2.05) is 19.1 Å². The Hall–Kier alpha value is -2.31. The molecule has 6 heteroatoms. The normalized spacial score (nSPS) is 24.0. The SMILES string of the molecule is CC(CC(=O)NC1NNC(c2ccncc2)C1C)c1ccc(F)cc1. The van der Waals surface area contributed by atoms with Gasteiger partial charge in [-0.3, -0.25) is 9.78 Å². The molecule has 3 rings (SSSR count). The summed E-state index contributed by atoms with van der Waals surface area (Å²) in [6, 6.07) is 10.4. The lowest BCUT2D eigenvalue weighted by Crippen LogP contribution is -2.46. The van der Waals surface area contributed by atoms with Crippen LogP contribution in [0.1, 0.15) is 43.4 Å². The van der Waals surface area contributed by atoms with Gasteiger partial charge in [0.25, 0.3) is 0 Å². The molecule has 0 saturated carbocycles. The molecule has 0 radical (unpaired) electrons.